The highest BCUT2D eigenvalue weighted by atomic mass is 16.5. The topological polar surface area (TPSA) is 79.5 Å². The van der Waals surface area contributed by atoms with Gasteiger partial charge in [-0.2, -0.15) is 0 Å². The third-order valence-electron chi connectivity index (χ3n) is 4.86. The van der Waals surface area contributed by atoms with Crippen molar-refractivity contribution in [3.8, 4) is 0 Å². The second-order valence-electron chi connectivity index (χ2n) is 6.77. The van der Waals surface area contributed by atoms with Gasteiger partial charge in [0.2, 0.25) is 5.91 Å². The van der Waals surface area contributed by atoms with Crippen molar-refractivity contribution in [3.05, 3.63) is 66.2 Å². The van der Waals surface area contributed by atoms with Crippen LogP contribution >= 0.6 is 0 Å². The first kappa shape index (κ1) is 18.9. The van der Waals surface area contributed by atoms with Crippen molar-refractivity contribution in [1.82, 2.24) is 10.6 Å². The SMILES string of the molecule is O=C(NCC1(C(=O)Nc2ccccc2)CCNCC1)OCc1ccccc1. The van der Waals surface area contributed by atoms with Gasteiger partial charge in [-0.1, -0.05) is 48.5 Å². The Bertz CT molecular complexity index is 744. The Labute approximate surface area is 159 Å². The molecular weight excluding hydrogens is 342 g/mol. The van der Waals surface area contributed by atoms with Crippen LogP contribution in [-0.2, 0) is 16.1 Å². The molecule has 27 heavy (non-hydrogen) atoms. The Morgan fingerprint density at radius 2 is 1.59 bits per heavy atom. The third kappa shape index (κ3) is 5.31. The van der Waals surface area contributed by atoms with Gasteiger partial charge >= 0.3 is 6.09 Å². The summed E-state index contributed by atoms with van der Waals surface area (Å²) < 4.78 is 5.26. The van der Waals surface area contributed by atoms with Crippen LogP contribution in [-0.4, -0.2) is 31.6 Å². The van der Waals surface area contributed by atoms with E-state index in [2.05, 4.69) is 16.0 Å². The lowest BCUT2D eigenvalue weighted by Crippen LogP contribution is -2.51. The highest BCUT2D eigenvalue weighted by Crippen LogP contribution is 2.30. The van der Waals surface area contributed by atoms with Crippen molar-refractivity contribution in [1.29, 1.82) is 0 Å². The lowest BCUT2D eigenvalue weighted by Gasteiger charge is -2.36. The van der Waals surface area contributed by atoms with Crippen LogP contribution in [0.5, 0.6) is 0 Å². The summed E-state index contributed by atoms with van der Waals surface area (Å²) in [7, 11) is 0. The molecule has 0 aliphatic carbocycles. The third-order valence-corrected chi connectivity index (χ3v) is 4.86. The summed E-state index contributed by atoms with van der Waals surface area (Å²) >= 11 is 0. The smallest absolute Gasteiger partial charge is 0.407 e. The van der Waals surface area contributed by atoms with Crippen LogP contribution in [0.25, 0.3) is 0 Å². The molecule has 1 fully saturated rings. The minimum atomic E-state index is -0.646. The lowest BCUT2D eigenvalue weighted by molar-refractivity contribution is -0.126. The van der Waals surface area contributed by atoms with Crippen molar-refractivity contribution in [2.75, 3.05) is 25.0 Å². The molecule has 6 nitrogen and oxygen atoms in total. The molecule has 2 aromatic rings. The summed E-state index contributed by atoms with van der Waals surface area (Å²) in [4.78, 5) is 25.1. The Morgan fingerprint density at radius 3 is 2.26 bits per heavy atom. The predicted octanol–water partition coefficient (Wildman–Crippen LogP) is 2.92. The molecule has 0 aromatic heterocycles. The van der Waals surface area contributed by atoms with E-state index in [1.54, 1.807) is 0 Å². The number of anilines is 1. The second-order valence-corrected chi connectivity index (χ2v) is 6.77. The van der Waals surface area contributed by atoms with Crippen LogP contribution in [0.3, 0.4) is 0 Å². The molecule has 1 saturated heterocycles. The summed E-state index contributed by atoms with van der Waals surface area (Å²) in [6, 6.07) is 18.9. The number of benzene rings is 2. The Kier molecular flexibility index (Phi) is 6.44. The number of hydrogen-bond donors (Lipinski definition) is 3. The van der Waals surface area contributed by atoms with E-state index in [0.29, 0.717) is 12.8 Å². The minimum absolute atomic E-state index is 0.0708. The molecule has 6 heteroatoms. The highest BCUT2D eigenvalue weighted by molar-refractivity contribution is 5.95. The molecule has 0 saturated carbocycles. The molecular formula is C21H25N3O3. The Morgan fingerprint density at radius 1 is 0.963 bits per heavy atom. The predicted molar refractivity (Wildman–Crippen MR) is 104 cm³/mol. The lowest BCUT2D eigenvalue weighted by atomic mass is 9.77. The van der Waals surface area contributed by atoms with Gasteiger partial charge in [-0.05, 0) is 43.6 Å². The molecule has 2 aromatic carbocycles. The van der Waals surface area contributed by atoms with Crippen LogP contribution in [0.15, 0.2) is 60.7 Å². The van der Waals surface area contributed by atoms with E-state index in [1.165, 1.54) is 0 Å². The van der Waals surface area contributed by atoms with E-state index in [9.17, 15) is 9.59 Å². The molecule has 1 aliphatic rings. The van der Waals surface area contributed by atoms with Gasteiger partial charge in [0.15, 0.2) is 0 Å². The fourth-order valence-electron chi connectivity index (χ4n) is 3.19. The highest BCUT2D eigenvalue weighted by Gasteiger charge is 2.40. The van der Waals surface area contributed by atoms with Crippen LogP contribution in [0.2, 0.25) is 0 Å². The normalized spacial score (nSPS) is 15.6. The van der Waals surface area contributed by atoms with Crippen molar-refractivity contribution >= 4 is 17.7 Å². The monoisotopic (exact) mass is 367 g/mol. The largest absolute Gasteiger partial charge is 0.445 e. The first-order valence-electron chi connectivity index (χ1n) is 9.20. The maximum atomic E-state index is 13.0. The molecule has 0 unspecified atom stereocenters. The number of ether oxygens (including phenoxy) is 1. The molecule has 142 valence electrons. The van der Waals surface area contributed by atoms with E-state index in [4.69, 9.17) is 4.74 Å². The fraction of sp³-hybridized carbons (Fsp3) is 0.333. The molecule has 0 atom stereocenters. The van der Waals surface area contributed by atoms with Crippen molar-refractivity contribution in [2.24, 2.45) is 5.41 Å². The maximum absolute atomic E-state index is 13.0. The number of alkyl carbamates (subject to hydrolysis) is 1. The van der Waals surface area contributed by atoms with Crippen molar-refractivity contribution < 1.29 is 14.3 Å². The van der Waals surface area contributed by atoms with Crippen LogP contribution < -0.4 is 16.0 Å². The molecule has 2 amide bonds. The Hall–Kier alpha value is -2.86. The van der Waals surface area contributed by atoms with E-state index >= 15 is 0 Å². The number of nitrogens with one attached hydrogen (secondary N) is 3. The van der Waals surface area contributed by atoms with Gasteiger partial charge in [-0.25, -0.2) is 4.79 Å². The van der Waals surface area contributed by atoms with Gasteiger partial charge in [0.1, 0.15) is 6.61 Å². The van der Waals surface area contributed by atoms with Crippen molar-refractivity contribution in [2.45, 2.75) is 19.4 Å². The molecule has 0 bridgehead atoms. The average Bonchev–Trinajstić information content (AvgIpc) is 2.73. The Balaban J connectivity index is 1.57. The molecule has 0 radical (unpaired) electrons. The zero-order chi connectivity index (χ0) is 19.0. The van der Waals surface area contributed by atoms with Gasteiger partial charge in [0.25, 0.3) is 0 Å². The molecule has 1 heterocycles. The van der Waals surface area contributed by atoms with Gasteiger partial charge in [-0.15, -0.1) is 0 Å². The van der Waals surface area contributed by atoms with Gasteiger partial charge < -0.3 is 20.7 Å². The van der Waals surface area contributed by atoms with Crippen LogP contribution in [0.1, 0.15) is 18.4 Å². The number of carbonyl (C=O) groups is 2. The standard InChI is InChI=1S/C21H25N3O3/c25-19(24-18-9-5-2-6-10-18)21(11-13-22-14-12-21)16-23-20(26)27-15-17-7-3-1-4-8-17/h1-10,22H,11-16H2,(H,23,26)(H,24,25). The second kappa shape index (κ2) is 9.19. The summed E-state index contributed by atoms with van der Waals surface area (Å²) in [5.74, 6) is -0.0708. The van der Waals surface area contributed by atoms with Gasteiger partial charge in [-0.3, -0.25) is 4.79 Å². The molecule has 1 aliphatic heterocycles. The fourth-order valence-corrected chi connectivity index (χ4v) is 3.19. The van der Waals surface area contributed by atoms with E-state index in [0.717, 1.165) is 24.3 Å². The summed E-state index contributed by atoms with van der Waals surface area (Å²) in [5.41, 5.74) is 1.03. The number of amides is 2. The van der Waals surface area contributed by atoms with Crippen LogP contribution in [0.4, 0.5) is 10.5 Å². The maximum Gasteiger partial charge on any atom is 0.407 e. The summed E-state index contributed by atoms with van der Waals surface area (Å²) in [6.07, 6.45) is 0.805. The van der Waals surface area contributed by atoms with Crippen LogP contribution in [0, 0.1) is 5.41 Å². The first-order chi connectivity index (χ1) is 13.2. The zero-order valence-corrected chi connectivity index (χ0v) is 15.2. The van der Waals surface area contributed by atoms with Crippen molar-refractivity contribution in [3.63, 3.8) is 0 Å². The van der Waals surface area contributed by atoms with E-state index in [1.807, 2.05) is 60.7 Å². The summed E-state index contributed by atoms with van der Waals surface area (Å²) in [5, 5.41) is 9.02. The van der Waals surface area contributed by atoms with E-state index in [-0.39, 0.29) is 19.1 Å². The zero-order valence-electron chi connectivity index (χ0n) is 15.2. The number of para-hydroxylation sites is 1. The number of hydrogen-bond acceptors (Lipinski definition) is 4. The molecule has 3 N–H and O–H groups in total. The van der Waals surface area contributed by atoms with Gasteiger partial charge in [0, 0.05) is 12.2 Å². The average molecular weight is 367 g/mol. The molecule has 0 spiro atoms. The number of rotatable bonds is 6. The molecule has 3 rings (SSSR count). The number of carbonyl (C=O) groups excluding carboxylic acids is 2. The van der Waals surface area contributed by atoms with E-state index < -0.39 is 11.5 Å². The quantitative estimate of drug-likeness (QED) is 0.733. The minimum Gasteiger partial charge on any atom is -0.445 e. The van der Waals surface area contributed by atoms with Gasteiger partial charge in [0.05, 0.1) is 5.41 Å². The first-order valence-corrected chi connectivity index (χ1v) is 9.20. The number of piperidine rings is 1. The summed E-state index contributed by atoms with van der Waals surface area (Å²) in [6.45, 7) is 1.93.